The van der Waals surface area contributed by atoms with Crippen molar-refractivity contribution in [1.82, 2.24) is 5.32 Å². The van der Waals surface area contributed by atoms with E-state index in [0.717, 1.165) is 18.9 Å². The first-order valence-electron chi connectivity index (χ1n) is 7.29. The lowest BCUT2D eigenvalue weighted by Crippen LogP contribution is -2.38. The number of hydrogen-bond acceptors (Lipinski definition) is 1. The maximum Gasteiger partial charge on any atom is 0.126 e. The maximum absolute atomic E-state index is 13.7. The highest BCUT2D eigenvalue weighted by molar-refractivity contribution is 5.20. The molecule has 1 aromatic carbocycles. The first-order valence-corrected chi connectivity index (χ1v) is 7.29. The minimum atomic E-state index is -0.357. The Bertz CT molecular complexity index is 415. The van der Waals surface area contributed by atoms with Crippen molar-refractivity contribution >= 4 is 0 Å². The fraction of sp³-hybridized carbons (Fsp3) is 0.625. The summed E-state index contributed by atoms with van der Waals surface area (Å²) in [6, 6.07) is 3.97. The molecule has 0 spiro atoms. The van der Waals surface area contributed by atoms with Crippen LogP contribution in [0, 0.1) is 23.5 Å². The zero-order valence-electron chi connectivity index (χ0n) is 11.8. The third-order valence-electron chi connectivity index (χ3n) is 4.10. The van der Waals surface area contributed by atoms with Gasteiger partial charge in [0.25, 0.3) is 0 Å². The highest BCUT2D eigenvalue weighted by Crippen LogP contribution is 2.39. The van der Waals surface area contributed by atoms with Gasteiger partial charge in [-0.3, -0.25) is 0 Å². The van der Waals surface area contributed by atoms with Crippen molar-refractivity contribution in [3.63, 3.8) is 0 Å². The van der Waals surface area contributed by atoms with Crippen molar-refractivity contribution in [2.75, 3.05) is 6.54 Å². The van der Waals surface area contributed by atoms with Crippen LogP contribution >= 0.6 is 0 Å². The lowest BCUT2D eigenvalue weighted by molar-refractivity contribution is 0.336. The van der Waals surface area contributed by atoms with Crippen LogP contribution in [0.5, 0.6) is 0 Å². The number of nitrogens with one attached hydrogen (secondary N) is 1. The SMILES string of the molecule is CCCNC(Cc1cc(F)ccc1F)C(C)C1CC1. The van der Waals surface area contributed by atoms with Gasteiger partial charge in [0.2, 0.25) is 0 Å². The molecule has 0 aromatic heterocycles. The molecule has 1 saturated carbocycles. The Kier molecular flexibility index (Phi) is 4.92. The van der Waals surface area contributed by atoms with Gasteiger partial charge in [-0.15, -0.1) is 0 Å². The van der Waals surface area contributed by atoms with Gasteiger partial charge in [-0.25, -0.2) is 8.78 Å². The van der Waals surface area contributed by atoms with Crippen LogP contribution in [-0.2, 0) is 6.42 Å². The highest BCUT2D eigenvalue weighted by atomic mass is 19.1. The second-order valence-corrected chi connectivity index (χ2v) is 5.70. The Morgan fingerprint density at radius 3 is 2.68 bits per heavy atom. The van der Waals surface area contributed by atoms with Gasteiger partial charge in [0.05, 0.1) is 0 Å². The van der Waals surface area contributed by atoms with Crippen LogP contribution in [0.3, 0.4) is 0 Å². The molecule has 1 aromatic rings. The lowest BCUT2D eigenvalue weighted by Gasteiger charge is -2.25. The van der Waals surface area contributed by atoms with E-state index in [0.29, 0.717) is 17.9 Å². The maximum atomic E-state index is 13.7. The Hall–Kier alpha value is -0.960. The van der Waals surface area contributed by atoms with Gasteiger partial charge in [0.1, 0.15) is 11.6 Å². The van der Waals surface area contributed by atoms with E-state index in [-0.39, 0.29) is 17.7 Å². The average Bonchev–Trinajstić information content (AvgIpc) is 3.22. The summed E-state index contributed by atoms with van der Waals surface area (Å²) in [7, 11) is 0. The summed E-state index contributed by atoms with van der Waals surface area (Å²) in [5.74, 6) is 0.623. The average molecular weight is 267 g/mol. The molecule has 3 heteroatoms. The van der Waals surface area contributed by atoms with Crippen molar-refractivity contribution in [3.05, 3.63) is 35.4 Å². The minimum absolute atomic E-state index is 0.240. The molecule has 1 N–H and O–H groups in total. The zero-order chi connectivity index (χ0) is 13.8. The first kappa shape index (κ1) is 14.4. The molecule has 0 saturated heterocycles. The third-order valence-corrected chi connectivity index (χ3v) is 4.10. The van der Waals surface area contributed by atoms with Gasteiger partial charge in [-0.05, 0) is 67.8 Å². The Morgan fingerprint density at radius 1 is 1.32 bits per heavy atom. The molecule has 19 heavy (non-hydrogen) atoms. The number of hydrogen-bond donors (Lipinski definition) is 1. The molecule has 106 valence electrons. The van der Waals surface area contributed by atoms with Crippen LogP contribution in [0.1, 0.15) is 38.7 Å². The number of rotatable bonds is 7. The Morgan fingerprint density at radius 2 is 2.05 bits per heavy atom. The summed E-state index contributed by atoms with van der Waals surface area (Å²) in [4.78, 5) is 0. The molecular formula is C16H23F2N. The van der Waals surface area contributed by atoms with E-state index >= 15 is 0 Å². The van der Waals surface area contributed by atoms with Crippen molar-refractivity contribution in [2.24, 2.45) is 11.8 Å². The van der Waals surface area contributed by atoms with Crippen LogP contribution in [-0.4, -0.2) is 12.6 Å². The quantitative estimate of drug-likeness (QED) is 0.789. The van der Waals surface area contributed by atoms with Crippen molar-refractivity contribution in [1.29, 1.82) is 0 Å². The second kappa shape index (κ2) is 6.47. The number of halogens is 2. The van der Waals surface area contributed by atoms with Gasteiger partial charge in [-0.2, -0.15) is 0 Å². The summed E-state index contributed by atoms with van der Waals surface area (Å²) in [5, 5.41) is 3.50. The molecule has 1 aliphatic carbocycles. The molecular weight excluding hydrogens is 244 g/mol. The first-order chi connectivity index (χ1) is 9.11. The summed E-state index contributed by atoms with van der Waals surface area (Å²) < 4.78 is 27.0. The largest absolute Gasteiger partial charge is 0.313 e. The highest BCUT2D eigenvalue weighted by Gasteiger charge is 2.33. The fourth-order valence-electron chi connectivity index (χ4n) is 2.66. The molecule has 1 nitrogen and oxygen atoms in total. The van der Waals surface area contributed by atoms with Gasteiger partial charge in [0, 0.05) is 6.04 Å². The third kappa shape index (κ3) is 4.00. The Balaban J connectivity index is 2.07. The molecule has 1 aliphatic rings. The topological polar surface area (TPSA) is 12.0 Å². The smallest absolute Gasteiger partial charge is 0.126 e. The summed E-state index contributed by atoms with van der Waals surface area (Å²) in [6.07, 6.45) is 4.18. The second-order valence-electron chi connectivity index (χ2n) is 5.70. The Labute approximate surface area is 114 Å². The summed E-state index contributed by atoms with van der Waals surface area (Å²) in [5.41, 5.74) is 0.487. The van der Waals surface area contributed by atoms with Crippen LogP contribution in [0.2, 0.25) is 0 Å². The minimum Gasteiger partial charge on any atom is -0.313 e. The van der Waals surface area contributed by atoms with Crippen molar-refractivity contribution in [3.8, 4) is 0 Å². The van der Waals surface area contributed by atoms with E-state index in [4.69, 9.17) is 0 Å². The van der Waals surface area contributed by atoms with Gasteiger partial charge in [0.15, 0.2) is 0 Å². The fourth-order valence-corrected chi connectivity index (χ4v) is 2.66. The van der Waals surface area contributed by atoms with E-state index < -0.39 is 0 Å². The van der Waals surface area contributed by atoms with Crippen LogP contribution in [0.25, 0.3) is 0 Å². The molecule has 0 aliphatic heterocycles. The normalized spacial score (nSPS) is 18.3. The molecule has 0 bridgehead atoms. The molecule has 0 heterocycles. The van der Waals surface area contributed by atoms with Gasteiger partial charge >= 0.3 is 0 Å². The molecule has 0 amide bonds. The monoisotopic (exact) mass is 267 g/mol. The zero-order valence-corrected chi connectivity index (χ0v) is 11.8. The molecule has 0 radical (unpaired) electrons. The van der Waals surface area contributed by atoms with Gasteiger partial charge < -0.3 is 5.32 Å². The van der Waals surface area contributed by atoms with Crippen LogP contribution < -0.4 is 5.32 Å². The van der Waals surface area contributed by atoms with Crippen LogP contribution in [0.15, 0.2) is 18.2 Å². The van der Waals surface area contributed by atoms with E-state index in [1.165, 1.54) is 31.0 Å². The van der Waals surface area contributed by atoms with E-state index in [1.807, 2.05) is 0 Å². The molecule has 2 unspecified atom stereocenters. The summed E-state index contributed by atoms with van der Waals surface area (Å²) in [6.45, 7) is 5.27. The van der Waals surface area contributed by atoms with Gasteiger partial charge in [-0.1, -0.05) is 13.8 Å². The predicted octanol–water partition coefficient (Wildman–Crippen LogP) is 3.92. The summed E-state index contributed by atoms with van der Waals surface area (Å²) >= 11 is 0. The van der Waals surface area contributed by atoms with E-state index in [9.17, 15) is 8.78 Å². The van der Waals surface area contributed by atoms with Crippen molar-refractivity contribution < 1.29 is 8.78 Å². The van der Waals surface area contributed by atoms with E-state index in [2.05, 4.69) is 19.2 Å². The molecule has 2 rings (SSSR count). The standard InChI is InChI=1S/C16H23F2N/c1-3-8-19-16(11(2)12-4-5-12)10-13-9-14(17)6-7-15(13)18/h6-7,9,11-12,16,19H,3-5,8,10H2,1-2H3. The van der Waals surface area contributed by atoms with Crippen LogP contribution in [0.4, 0.5) is 8.78 Å². The molecule has 1 fully saturated rings. The number of benzene rings is 1. The predicted molar refractivity (Wildman–Crippen MR) is 74.0 cm³/mol. The molecule has 2 atom stereocenters. The van der Waals surface area contributed by atoms with E-state index in [1.54, 1.807) is 0 Å². The van der Waals surface area contributed by atoms with Crippen molar-refractivity contribution in [2.45, 2.75) is 45.6 Å². The lowest BCUT2D eigenvalue weighted by atomic mass is 9.91.